The van der Waals surface area contributed by atoms with E-state index in [4.69, 9.17) is 4.74 Å². The van der Waals surface area contributed by atoms with Crippen LogP contribution in [0.25, 0.3) is 21.6 Å². The van der Waals surface area contributed by atoms with Gasteiger partial charge in [-0.1, -0.05) is 53.4 Å². The standard InChI is InChI=1S/C20H19N5O2S2/c1-3-27-14-9-10-15-16(11-14)29-19(21-15)22-17(26)12-28-20-24-23-18(25(20)2)13-7-5-4-6-8-13/h4-11H,3,12H2,1-2H3,(H,21,22,26). The Kier molecular flexibility index (Phi) is 5.77. The summed E-state index contributed by atoms with van der Waals surface area (Å²) in [7, 11) is 1.89. The summed E-state index contributed by atoms with van der Waals surface area (Å²) in [5, 5.41) is 12.6. The zero-order chi connectivity index (χ0) is 20.2. The molecule has 0 spiro atoms. The zero-order valence-electron chi connectivity index (χ0n) is 16.0. The number of hydrogen-bond donors (Lipinski definition) is 1. The molecule has 0 aliphatic heterocycles. The van der Waals surface area contributed by atoms with Gasteiger partial charge in [0.25, 0.3) is 0 Å². The number of thiazole rings is 1. The lowest BCUT2D eigenvalue weighted by Gasteiger charge is -2.04. The average Bonchev–Trinajstić information content (AvgIpc) is 3.29. The van der Waals surface area contributed by atoms with Crippen molar-refractivity contribution in [1.82, 2.24) is 19.7 Å². The summed E-state index contributed by atoms with van der Waals surface area (Å²) in [6, 6.07) is 15.5. The topological polar surface area (TPSA) is 81.9 Å². The van der Waals surface area contributed by atoms with Gasteiger partial charge in [-0.05, 0) is 25.1 Å². The number of amides is 1. The van der Waals surface area contributed by atoms with Gasteiger partial charge in [0.15, 0.2) is 16.1 Å². The van der Waals surface area contributed by atoms with Crippen LogP contribution in [0.5, 0.6) is 5.75 Å². The summed E-state index contributed by atoms with van der Waals surface area (Å²) >= 11 is 2.77. The van der Waals surface area contributed by atoms with E-state index in [1.807, 2.05) is 67.1 Å². The summed E-state index contributed by atoms with van der Waals surface area (Å²) in [5.74, 6) is 1.66. The van der Waals surface area contributed by atoms with Gasteiger partial charge in [0, 0.05) is 12.6 Å². The molecular formula is C20H19N5O2S2. The maximum absolute atomic E-state index is 12.4. The normalized spacial score (nSPS) is 11.0. The average molecular weight is 426 g/mol. The summed E-state index contributed by atoms with van der Waals surface area (Å²) < 4.78 is 8.37. The first kappa shape index (κ1) is 19.4. The largest absolute Gasteiger partial charge is 0.494 e. The van der Waals surface area contributed by atoms with Crippen LogP contribution >= 0.6 is 23.1 Å². The predicted molar refractivity (Wildman–Crippen MR) is 117 cm³/mol. The summed E-state index contributed by atoms with van der Waals surface area (Å²) in [4.78, 5) is 16.8. The van der Waals surface area contributed by atoms with Crippen molar-refractivity contribution in [3.05, 3.63) is 48.5 Å². The van der Waals surface area contributed by atoms with Crippen LogP contribution in [0.2, 0.25) is 0 Å². The van der Waals surface area contributed by atoms with E-state index in [1.54, 1.807) is 0 Å². The van der Waals surface area contributed by atoms with Gasteiger partial charge in [0.2, 0.25) is 5.91 Å². The van der Waals surface area contributed by atoms with Crippen LogP contribution in [0.4, 0.5) is 5.13 Å². The molecule has 0 atom stereocenters. The molecule has 2 aromatic heterocycles. The van der Waals surface area contributed by atoms with Gasteiger partial charge in [-0.25, -0.2) is 4.98 Å². The molecule has 0 aliphatic carbocycles. The van der Waals surface area contributed by atoms with Gasteiger partial charge in [0.1, 0.15) is 5.75 Å². The van der Waals surface area contributed by atoms with Crippen LogP contribution in [0.1, 0.15) is 6.92 Å². The quantitative estimate of drug-likeness (QED) is 0.447. The first-order chi connectivity index (χ1) is 14.1. The first-order valence-corrected chi connectivity index (χ1v) is 10.8. The fourth-order valence-electron chi connectivity index (χ4n) is 2.78. The van der Waals surface area contributed by atoms with Crippen LogP contribution in [0.3, 0.4) is 0 Å². The van der Waals surface area contributed by atoms with Crippen molar-refractivity contribution in [3.8, 4) is 17.1 Å². The minimum atomic E-state index is -0.136. The fraction of sp³-hybridized carbons (Fsp3) is 0.200. The molecule has 4 aromatic rings. The second-order valence-electron chi connectivity index (χ2n) is 6.15. The number of nitrogens with zero attached hydrogens (tertiary/aromatic N) is 4. The van der Waals surface area contributed by atoms with E-state index in [-0.39, 0.29) is 11.7 Å². The molecule has 29 heavy (non-hydrogen) atoms. The molecule has 2 aromatic carbocycles. The number of benzene rings is 2. The Morgan fingerprint density at radius 3 is 2.83 bits per heavy atom. The van der Waals surface area contributed by atoms with E-state index >= 15 is 0 Å². The highest BCUT2D eigenvalue weighted by molar-refractivity contribution is 7.99. The predicted octanol–water partition coefficient (Wildman–Crippen LogP) is 4.22. The lowest BCUT2D eigenvalue weighted by molar-refractivity contribution is -0.113. The number of fused-ring (bicyclic) bond motifs is 1. The number of nitrogens with one attached hydrogen (secondary N) is 1. The van der Waals surface area contributed by atoms with Crippen molar-refractivity contribution in [2.75, 3.05) is 17.7 Å². The lowest BCUT2D eigenvalue weighted by Crippen LogP contribution is -2.14. The molecule has 0 fully saturated rings. The van der Waals surface area contributed by atoms with E-state index in [2.05, 4.69) is 20.5 Å². The van der Waals surface area contributed by atoms with Crippen LogP contribution < -0.4 is 10.1 Å². The molecule has 0 bridgehead atoms. The Balaban J connectivity index is 1.39. The maximum atomic E-state index is 12.4. The molecule has 0 saturated heterocycles. The molecule has 1 amide bonds. The van der Waals surface area contributed by atoms with E-state index < -0.39 is 0 Å². The number of thioether (sulfide) groups is 1. The summed E-state index contributed by atoms with van der Waals surface area (Å²) in [6.07, 6.45) is 0. The first-order valence-electron chi connectivity index (χ1n) is 9.05. The number of carbonyl (C=O) groups excluding carboxylic acids is 1. The Bertz CT molecular complexity index is 1140. The third kappa shape index (κ3) is 4.41. The third-order valence-corrected chi connectivity index (χ3v) is 6.07. The second-order valence-corrected chi connectivity index (χ2v) is 8.12. The molecule has 4 rings (SSSR count). The highest BCUT2D eigenvalue weighted by Gasteiger charge is 2.14. The number of rotatable bonds is 7. The van der Waals surface area contributed by atoms with Crippen molar-refractivity contribution < 1.29 is 9.53 Å². The number of carbonyl (C=O) groups is 1. The number of aromatic nitrogens is 4. The molecule has 0 radical (unpaired) electrons. The van der Waals surface area contributed by atoms with Crippen LogP contribution in [0, 0.1) is 0 Å². The van der Waals surface area contributed by atoms with Crippen LogP contribution in [-0.4, -0.2) is 38.0 Å². The van der Waals surface area contributed by atoms with Gasteiger partial charge < -0.3 is 14.6 Å². The highest BCUT2D eigenvalue weighted by atomic mass is 32.2. The zero-order valence-corrected chi connectivity index (χ0v) is 17.6. The highest BCUT2D eigenvalue weighted by Crippen LogP contribution is 2.29. The van der Waals surface area contributed by atoms with E-state index in [1.165, 1.54) is 23.1 Å². The number of anilines is 1. The molecule has 7 nitrogen and oxygen atoms in total. The number of ether oxygens (including phenoxy) is 1. The van der Waals surface area contributed by atoms with Crippen molar-refractivity contribution in [2.45, 2.75) is 12.1 Å². The SMILES string of the molecule is CCOc1ccc2nc(NC(=O)CSc3nnc(-c4ccccc4)n3C)sc2c1. The van der Waals surface area contributed by atoms with Crippen molar-refractivity contribution >= 4 is 44.4 Å². The fourth-order valence-corrected chi connectivity index (χ4v) is 4.40. The van der Waals surface area contributed by atoms with Crippen molar-refractivity contribution in [2.24, 2.45) is 7.05 Å². The number of hydrogen-bond acceptors (Lipinski definition) is 7. The molecule has 0 unspecified atom stereocenters. The van der Waals surface area contributed by atoms with E-state index in [9.17, 15) is 4.79 Å². The van der Waals surface area contributed by atoms with E-state index in [0.29, 0.717) is 16.9 Å². The summed E-state index contributed by atoms with van der Waals surface area (Å²) in [5.41, 5.74) is 1.82. The molecule has 148 valence electrons. The Labute approximate surface area is 176 Å². The smallest absolute Gasteiger partial charge is 0.236 e. The maximum Gasteiger partial charge on any atom is 0.236 e. The Morgan fingerprint density at radius 2 is 2.03 bits per heavy atom. The van der Waals surface area contributed by atoms with Gasteiger partial charge in [-0.2, -0.15) is 0 Å². The Morgan fingerprint density at radius 1 is 1.21 bits per heavy atom. The van der Waals surface area contributed by atoms with Crippen LogP contribution in [-0.2, 0) is 11.8 Å². The van der Waals surface area contributed by atoms with E-state index in [0.717, 1.165) is 27.4 Å². The molecule has 0 aliphatic rings. The molecule has 2 heterocycles. The van der Waals surface area contributed by atoms with Crippen molar-refractivity contribution in [3.63, 3.8) is 0 Å². The Hall–Kier alpha value is -2.91. The van der Waals surface area contributed by atoms with Gasteiger partial charge in [-0.3, -0.25) is 4.79 Å². The minimum absolute atomic E-state index is 0.136. The van der Waals surface area contributed by atoms with Crippen molar-refractivity contribution in [1.29, 1.82) is 0 Å². The van der Waals surface area contributed by atoms with Gasteiger partial charge in [0.05, 0.1) is 22.6 Å². The minimum Gasteiger partial charge on any atom is -0.494 e. The third-order valence-electron chi connectivity index (χ3n) is 4.12. The summed E-state index contributed by atoms with van der Waals surface area (Å²) in [6.45, 7) is 2.55. The molecule has 1 N–H and O–H groups in total. The molecule has 0 saturated carbocycles. The molecule has 9 heteroatoms. The van der Waals surface area contributed by atoms with Gasteiger partial charge >= 0.3 is 0 Å². The van der Waals surface area contributed by atoms with Gasteiger partial charge in [-0.15, -0.1) is 10.2 Å². The second kappa shape index (κ2) is 8.62. The molecular weight excluding hydrogens is 406 g/mol. The van der Waals surface area contributed by atoms with Crippen LogP contribution in [0.15, 0.2) is 53.7 Å². The monoisotopic (exact) mass is 425 g/mol. The lowest BCUT2D eigenvalue weighted by atomic mass is 10.2.